The molecule has 4 rings (SSSR count). The van der Waals surface area contributed by atoms with Crippen molar-refractivity contribution in [3.05, 3.63) is 52.6 Å². The minimum atomic E-state index is -0.409. The van der Waals surface area contributed by atoms with Crippen molar-refractivity contribution >= 4 is 40.8 Å². The number of benzene rings is 2. The van der Waals surface area contributed by atoms with Gasteiger partial charge in [-0.2, -0.15) is 0 Å². The molecule has 0 amide bonds. The van der Waals surface area contributed by atoms with Crippen molar-refractivity contribution in [1.29, 1.82) is 0 Å². The van der Waals surface area contributed by atoms with Crippen LogP contribution in [-0.2, 0) is 0 Å². The van der Waals surface area contributed by atoms with Gasteiger partial charge in [-0.3, -0.25) is 10.1 Å². The molecule has 33 heavy (non-hydrogen) atoms. The van der Waals surface area contributed by atoms with Crippen LogP contribution in [0.25, 0.3) is 0 Å². The van der Waals surface area contributed by atoms with Gasteiger partial charge in [0.15, 0.2) is 0 Å². The zero-order valence-electron chi connectivity index (χ0n) is 18.5. The molecule has 2 fully saturated rings. The zero-order chi connectivity index (χ0) is 22.8. The van der Waals surface area contributed by atoms with E-state index in [1.54, 1.807) is 12.1 Å². The normalized spacial score (nSPS) is 25.3. The van der Waals surface area contributed by atoms with E-state index in [-0.39, 0.29) is 42.3 Å². The number of nitrogens with two attached hydrogens (primary N) is 4. The van der Waals surface area contributed by atoms with Gasteiger partial charge in [-0.1, -0.05) is 0 Å². The molecule has 2 aromatic rings. The van der Waals surface area contributed by atoms with E-state index in [0.717, 1.165) is 61.8 Å². The van der Waals surface area contributed by atoms with Gasteiger partial charge >= 0.3 is 0 Å². The average Bonchev–Trinajstić information content (AvgIpc) is 2.72. The summed E-state index contributed by atoms with van der Waals surface area (Å²) in [6.07, 6.45) is 1.61. The molecule has 2 heterocycles. The van der Waals surface area contributed by atoms with Gasteiger partial charge in [0, 0.05) is 85.2 Å². The highest BCUT2D eigenvalue weighted by molar-refractivity contribution is 5.85. The van der Waals surface area contributed by atoms with Gasteiger partial charge in [0.05, 0.1) is 4.92 Å². The maximum absolute atomic E-state index is 10.9. The fraction of sp³-hybridized carbons (Fsp3) is 0.455. The van der Waals surface area contributed by atoms with E-state index in [1.807, 2.05) is 0 Å². The molecule has 180 valence electrons. The van der Waals surface area contributed by atoms with Crippen molar-refractivity contribution in [2.75, 3.05) is 41.3 Å². The molecule has 2 aliphatic rings. The molecule has 0 radical (unpaired) electrons. The Balaban J connectivity index is 0.00000306. The van der Waals surface area contributed by atoms with E-state index in [2.05, 4.69) is 33.3 Å². The molecule has 2 aromatic carbocycles. The average molecular weight is 477 g/mol. The highest BCUT2D eigenvalue weighted by atomic mass is 35.5. The lowest BCUT2D eigenvalue weighted by Crippen LogP contribution is -2.53. The second-order valence-corrected chi connectivity index (χ2v) is 8.99. The number of halogens is 1. The van der Waals surface area contributed by atoms with Crippen molar-refractivity contribution in [1.82, 2.24) is 0 Å². The Morgan fingerprint density at radius 2 is 1.18 bits per heavy atom. The summed E-state index contributed by atoms with van der Waals surface area (Å²) >= 11 is 0. The summed E-state index contributed by atoms with van der Waals surface area (Å²) < 4.78 is 0. The first-order valence-corrected chi connectivity index (χ1v) is 11.0. The highest BCUT2D eigenvalue weighted by Gasteiger charge is 2.26. The van der Waals surface area contributed by atoms with Crippen LogP contribution >= 0.6 is 12.4 Å². The number of piperidine rings is 2. The summed E-state index contributed by atoms with van der Waals surface area (Å²) in [5.74, 6) is 0. The van der Waals surface area contributed by atoms with Crippen LogP contribution in [0.3, 0.4) is 0 Å². The van der Waals surface area contributed by atoms with Crippen LogP contribution in [0.1, 0.15) is 12.8 Å². The predicted molar refractivity (Wildman–Crippen MR) is 136 cm³/mol. The third-order valence-electron chi connectivity index (χ3n) is 6.03. The maximum atomic E-state index is 10.9. The number of nitrogens with zero attached hydrogens (tertiary/aromatic N) is 3. The van der Waals surface area contributed by atoms with Crippen LogP contribution in [0.4, 0.5) is 28.4 Å². The number of nitro groups is 1. The van der Waals surface area contributed by atoms with E-state index < -0.39 is 4.92 Å². The lowest BCUT2D eigenvalue weighted by atomic mass is 10.00. The molecular formula is C22H33ClN8O2. The number of rotatable bonds is 5. The number of non-ortho nitro benzene ring substituents is 1. The molecule has 2 saturated heterocycles. The third-order valence-corrected chi connectivity index (χ3v) is 6.03. The van der Waals surface area contributed by atoms with E-state index >= 15 is 0 Å². The third kappa shape index (κ3) is 6.24. The molecule has 0 saturated carbocycles. The van der Waals surface area contributed by atoms with Gasteiger partial charge in [-0.05, 0) is 43.2 Å². The molecule has 0 spiro atoms. The Morgan fingerprint density at radius 1 is 0.758 bits per heavy atom. The Morgan fingerprint density at radius 3 is 1.58 bits per heavy atom. The summed E-state index contributed by atoms with van der Waals surface area (Å²) in [5, 5.41) is 14.3. The van der Waals surface area contributed by atoms with E-state index in [4.69, 9.17) is 22.9 Å². The Hall–Kier alpha value is -2.63. The summed E-state index contributed by atoms with van der Waals surface area (Å²) in [4.78, 5) is 15.0. The van der Waals surface area contributed by atoms with Crippen molar-refractivity contribution in [3.63, 3.8) is 0 Å². The van der Waals surface area contributed by atoms with E-state index in [0.29, 0.717) is 0 Å². The number of nitro benzene ring substituents is 1. The fourth-order valence-electron chi connectivity index (χ4n) is 4.64. The van der Waals surface area contributed by atoms with Gasteiger partial charge in [-0.15, -0.1) is 12.4 Å². The van der Waals surface area contributed by atoms with E-state index in [9.17, 15) is 10.1 Å². The smallest absolute Gasteiger partial charge is 0.269 e. The van der Waals surface area contributed by atoms with Gasteiger partial charge in [0.25, 0.3) is 5.69 Å². The van der Waals surface area contributed by atoms with Crippen LogP contribution in [0.5, 0.6) is 0 Å². The first kappa shape index (κ1) is 25.0. The number of hydrogen-bond donors (Lipinski definition) is 5. The van der Waals surface area contributed by atoms with Gasteiger partial charge in [0.2, 0.25) is 0 Å². The highest BCUT2D eigenvalue weighted by Crippen LogP contribution is 2.32. The topological polar surface area (TPSA) is 166 Å². The Bertz CT molecular complexity index is 896. The maximum Gasteiger partial charge on any atom is 0.269 e. The van der Waals surface area contributed by atoms with Crippen molar-refractivity contribution in [2.45, 2.75) is 37.0 Å². The molecule has 11 heteroatoms. The van der Waals surface area contributed by atoms with Crippen molar-refractivity contribution in [3.8, 4) is 0 Å². The standard InChI is InChI=1S/C22H32N8O2.ClH/c23-14-5-15(24)11-28(10-14)21-7-19(27-18-1-3-20(4-2-18)30(31)32)8-22(9-21)29-12-16(25)6-17(26)13-29;/h1-4,7-9,14-17,27H,5-6,10-13,23-26H2;1H/t14-,15+,16-,17+;. The lowest BCUT2D eigenvalue weighted by Gasteiger charge is -2.39. The molecule has 10 nitrogen and oxygen atoms in total. The van der Waals surface area contributed by atoms with Gasteiger partial charge in [-0.25, -0.2) is 0 Å². The second kappa shape index (κ2) is 10.5. The van der Waals surface area contributed by atoms with Crippen LogP contribution in [0.2, 0.25) is 0 Å². The molecule has 0 aromatic heterocycles. The zero-order valence-corrected chi connectivity index (χ0v) is 19.3. The molecular weight excluding hydrogens is 444 g/mol. The second-order valence-electron chi connectivity index (χ2n) is 8.99. The Labute approximate surface area is 199 Å². The van der Waals surface area contributed by atoms with E-state index in [1.165, 1.54) is 12.1 Å². The molecule has 0 bridgehead atoms. The van der Waals surface area contributed by atoms with Crippen LogP contribution < -0.4 is 38.1 Å². The van der Waals surface area contributed by atoms with Crippen molar-refractivity contribution in [2.24, 2.45) is 22.9 Å². The first-order valence-electron chi connectivity index (χ1n) is 11.0. The van der Waals surface area contributed by atoms with Crippen LogP contribution in [-0.4, -0.2) is 55.3 Å². The van der Waals surface area contributed by atoms with Crippen LogP contribution in [0.15, 0.2) is 42.5 Å². The summed E-state index contributed by atoms with van der Waals surface area (Å²) in [6.45, 7) is 2.92. The molecule has 4 atom stereocenters. The SMILES string of the molecule is Cl.N[C@@H]1C[C@H](N)CN(c2cc(Nc3ccc([N+](=O)[O-])cc3)cc(N3C[C@H](N)C[C@H](N)C3)c2)C1. The molecule has 0 unspecified atom stereocenters. The number of hydrogen-bond acceptors (Lipinski definition) is 9. The van der Waals surface area contributed by atoms with Crippen LogP contribution in [0, 0.1) is 10.1 Å². The Kier molecular flexibility index (Phi) is 7.98. The molecule has 0 aliphatic carbocycles. The first-order chi connectivity index (χ1) is 15.3. The van der Waals surface area contributed by atoms with Gasteiger partial charge in [0.1, 0.15) is 0 Å². The fourth-order valence-corrected chi connectivity index (χ4v) is 4.64. The largest absolute Gasteiger partial charge is 0.368 e. The lowest BCUT2D eigenvalue weighted by molar-refractivity contribution is -0.384. The van der Waals surface area contributed by atoms with Crippen molar-refractivity contribution < 1.29 is 4.92 Å². The summed E-state index contributed by atoms with van der Waals surface area (Å²) in [6, 6.07) is 12.7. The quantitative estimate of drug-likeness (QED) is 0.317. The monoisotopic (exact) mass is 476 g/mol. The minimum absolute atomic E-state index is 0. The number of nitrogens with one attached hydrogen (secondary N) is 1. The molecule has 9 N–H and O–H groups in total. The summed E-state index contributed by atoms with van der Waals surface area (Å²) in [7, 11) is 0. The predicted octanol–water partition coefficient (Wildman–Crippen LogP) is 1.49. The molecule has 2 aliphatic heterocycles. The minimum Gasteiger partial charge on any atom is -0.368 e. The number of anilines is 4. The van der Waals surface area contributed by atoms with Gasteiger partial charge < -0.3 is 38.1 Å². The summed E-state index contributed by atoms with van der Waals surface area (Å²) in [5.41, 5.74) is 28.7.